The first-order valence-electron chi connectivity index (χ1n) is 10.7. The van der Waals surface area contributed by atoms with Gasteiger partial charge in [-0.05, 0) is 35.4 Å². The fraction of sp³-hybridized carbons (Fsp3) is 0.154. The Balaban J connectivity index is 1.32. The highest BCUT2D eigenvalue weighted by atomic mass is 32.2. The van der Waals surface area contributed by atoms with Gasteiger partial charge in [-0.3, -0.25) is 19.2 Å². The Morgan fingerprint density at radius 3 is 1.38 bits per heavy atom. The van der Waals surface area contributed by atoms with Gasteiger partial charge in [-0.1, -0.05) is 59.9 Å². The zero-order valence-corrected chi connectivity index (χ0v) is 19.0. The average Bonchev–Trinajstić information content (AvgIpc) is 3.51. The maximum Gasteiger partial charge on any atom is 0.320 e. The Bertz CT molecular complexity index is 1370. The molecule has 0 saturated carbocycles. The lowest BCUT2D eigenvalue weighted by Gasteiger charge is -2.16. The van der Waals surface area contributed by atoms with Gasteiger partial charge in [0.1, 0.15) is 23.3 Å². The molecule has 34 heavy (non-hydrogen) atoms. The summed E-state index contributed by atoms with van der Waals surface area (Å²) in [5.74, 6) is -3.35. The number of rotatable bonds is 2. The van der Waals surface area contributed by atoms with Crippen LogP contribution in [0.4, 0.5) is 0 Å². The molecule has 3 aromatic rings. The van der Waals surface area contributed by atoms with Crippen LogP contribution in [-0.2, 0) is 19.2 Å². The molecule has 166 valence electrons. The second kappa shape index (κ2) is 7.07. The molecule has 0 saturated heterocycles. The molecule has 0 aromatic heterocycles. The van der Waals surface area contributed by atoms with Gasteiger partial charge >= 0.3 is 11.9 Å². The minimum absolute atomic E-state index is 0.114. The molecule has 4 aliphatic heterocycles. The van der Waals surface area contributed by atoms with E-state index >= 15 is 0 Å². The third-order valence-electron chi connectivity index (χ3n) is 6.85. The van der Waals surface area contributed by atoms with Gasteiger partial charge in [-0.25, -0.2) is 0 Å². The van der Waals surface area contributed by atoms with Gasteiger partial charge in [0.25, 0.3) is 0 Å². The quantitative estimate of drug-likeness (QED) is 0.386. The Labute approximate surface area is 202 Å². The molecule has 3 aromatic carbocycles. The Hall–Kier alpha value is -3.36. The van der Waals surface area contributed by atoms with Crippen molar-refractivity contribution in [1.82, 2.24) is 0 Å². The van der Waals surface area contributed by atoms with Gasteiger partial charge < -0.3 is 9.47 Å². The summed E-state index contributed by atoms with van der Waals surface area (Å²) in [7, 11) is 0. The van der Waals surface area contributed by atoms with Crippen molar-refractivity contribution in [2.24, 2.45) is 0 Å². The zero-order valence-electron chi connectivity index (χ0n) is 17.3. The van der Waals surface area contributed by atoms with Crippen LogP contribution in [-0.4, -0.2) is 22.2 Å². The van der Waals surface area contributed by atoms with Gasteiger partial charge in [-0.15, -0.1) is 0 Å². The molecule has 0 N–H and O–H groups in total. The van der Waals surface area contributed by atoms with E-state index < -0.39 is 35.6 Å². The summed E-state index contributed by atoms with van der Waals surface area (Å²) in [5.41, 5.74) is 2.65. The van der Waals surface area contributed by atoms with Crippen LogP contribution >= 0.6 is 23.5 Å². The smallest absolute Gasteiger partial charge is 0.320 e. The van der Waals surface area contributed by atoms with E-state index in [-0.39, 0.29) is 10.2 Å². The van der Waals surface area contributed by atoms with E-state index in [0.717, 1.165) is 44.4 Å². The van der Waals surface area contributed by atoms with E-state index in [1.807, 2.05) is 48.5 Å². The molecule has 4 aliphatic rings. The lowest BCUT2D eigenvalue weighted by atomic mass is 9.80. The van der Waals surface area contributed by atoms with Crippen LogP contribution in [0.3, 0.4) is 0 Å². The fourth-order valence-corrected chi connectivity index (χ4v) is 7.51. The molecule has 4 unspecified atom stereocenters. The second-order valence-electron chi connectivity index (χ2n) is 8.60. The molecule has 0 aliphatic carbocycles. The Morgan fingerprint density at radius 2 is 0.941 bits per heavy atom. The number of thioether (sulfide) groups is 2. The van der Waals surface area contributed by atoms with Crippen molar-refractivity contribution in [3.8, 4) is 11.5 Å². The number of hydrogen-bond donors (Lipinski definition) is 0. The lowest BCUT2D eigenvalue weighted by Crippen LogP contribution is -2.21. The van der Waals surface area contributed by atoms with E-state index in [2.05, 4.69) is 0 Å². The SMILES string of the molecule is O=C1Oc2cc3c(cc2C1C1C(=O)Sc2ccccc21)OC(=O)C3C1C(=O)Sc2ccccc21. The summed E-state index contributed by atoms with van der Waals surface area (Å²) in [4.78, 5) is 53.4. The third-order valence-corrected chi connectivity index (χ3v) is 8.94. The Morgan fingerprint density at radius 1 is 0.529 bits per heavy atom. The van der Waals surface area contributed by atoms with Gasteiger partial charge in [0.05, 0.1) is 11.8 Å². The molecule has 7 rings (SSSR count). The van der Waals surface area contributed by atoms with Crippen LogP contribution in [0.15, 0.2) is 70.5 Å². The largest absolute Gasteiger partial charge is 0.426 e. The maximum atomic E-state index is 13.0. The van der Waals surface area contributed by atoms with E-state index in [0.29, 0.717) is 22.6 Å². The number of fused-ring (bicyclic) bond motifs is 4. The number of benzene rings is 3. The number of esters is 2. The highest BCUT2D eigenvalue weighted by molar-refractivity contribution is 8.14. The van der Waals surface area contributed by atoms with Crippen LogP contribution in [0.5, 0.6) is 11.5 Å². The van der Waals surface area contributed by atoms with Crippen molar-refractivity contribution in [1.29, 1.82) is 0 Å². The van der Waals surface area contributed by atoms with Crippen molar-refractivity contribution in [2.75, 3.05) is 0 Å². The van der Waals surface area contributed by atoms with Crippen molar-refractivity contribution >= 4 is 45.7 Å². The van der Waals surface area contributed by atoms with Crippen molar-refractivity contribution < 1.29 is 28.7 Å². The first-order chi connectivity index (χ1) is 16.5. The van der Waals surface area contributed by atoms with Crippen LogP contribution in [0.1, 0.15) is 45.9 Å². The highest BCUT2D eigenvalue weighted by Gasteiger charge is 2.51. The zero-order chi connectivity index (χ0) is 23.1. The number of hydrogen-bond acceptors (Lipinski definition) is 8. The third kappa shape index (κ3) is 2.66. The molecule has 0 radical (unpaired) electrons. The van der Waals surface area contributed by atoms with Gasteiger partial charge in [0.15, 0.2) is 0 Å². The molecule has 0 fully saturated rings. The predicted octanol–water partition coefficient (Wildman–Crippen LogP) is 4.52. The van der Waals surface area contributed by atoms with E-state index in [9.17, 15) is 19.2 Å². The number of carbonyl (C=O) groups is 4. The first-order valence-corrected chi connectivity index (χ1v) is 12.4. The maximum absolute atomic E-state index is 13.0. The summed E-state index contributed by atoms with van der Waals surface area (Å²) in [6.07, 6.45) is 0. The second-order valence-corrected chi connectivity index (χ2v) is 10.7. The molecular formula is C26H14O6S2. The minimum atomic E-state index is -0.814. The lowest BCUT2D eigenvalue weighted by molar-refractivity contribution is -0.136. The first kappa shape index (κ1) is 20.1. The van der Waals surface area contributed by atoms with Gasteiger partial charge in [-0.2, -0.15) is 0 Å². The topological polar surface area (TPSA) is 86.7 Å². The van der Waals surface area contributed by atoms with Gasteiger partial charge in [0, 0.05) is 20.9 Å². The van der Waals surface area contributed by atoms with E-state index in [1.165, 1.54) is 0 Å². The molecule has 8 heteroatoms. The molecule has 4 atom stereocenters. The molecular weight excluding hydrogens is 472 g/mol. The van der Waals surface area contributed by atoms with Crippen molar-refractivity contribution in [3.05, 3.63) is 82.9 Å². The highest BCUT2D eigenvalue weighted by Crippen LogP contribution is 2.56. The number of carbonyl (C=O) groups excluding carboxylic acids is 4. The monoisotopic (exact) mass is 486 g/mol. The summed E-state index contributed by atoms with van der Waals surface area (Å²) in [5, 5.41) is -0.229. The molecule has 4 heterocycles. The van der Waals surface area contributed by atoms with Crippen LogP contribution in [0, 0.1) is 0 Å². The summed E-state index contributed by atoms with van der Waals surface area (Å²) < 4.78 is 11.2. The molecule has 6 nitrogen and oxygen atoms in total. The molecule has 0 bridgehead atoms. The fourth-order valence-electron chi connectivity index (χ4n) is 5.37. The minimum Gasteiger partial charge on any atom is -0.426 e. The summed E-state index contributed by atoms with van der Waals surface area (Å²) >= 11 is 2.26. The van der Waals surface area contributed by atoms with Crippen LogP contribution < -0.4 is 9.47 Å². The van der Waals surface area contributed by atoms with Crippen LogP contribution in [0.25, 0.3) is 0 Å². The van der Waals surface area contributed by atoms with Crippen molar-refractivity contribution in [3.63, 3.8) is 0 Å². The molecule has 0 spiro atoms. The summed E-state index contributed by atoms with van der Waals surface area (Å²) in [6, 6.07) is 18.1. The van der Waals surface area contributed by atoms with E-state index in [1.54, 1.807) is 12.1 Å². The van der Waals surface area contributed by atoms with E-state index in [4.69, 9.17) is 9.47 Å². The molecule has 0 amide bonds. The number of ether oxygens (including phenoxy) is 2. The van der Waals surface area contributed by atoms with Crippen LogP contribution in [0.2, 0.25) is 0 Å². The van der Waals surface area contributed by atoms with Gasteiger partial charge in [0.2, 0.25) is 10.2 Å². The summed E-state index contributed by atoms with van der Waals surface area (Å²) in [6.45, 7) is 0. The standard InChI is InChI=1S/C26H14O6S2/c27-23-19(21-11-5-1-3-7-17(11)33-25(21)29)13-9-16-14(10-15(13)31-23)20(24(28)32-16)22-12-6-2-4-8-18(12)34-26(22)30/h1-10,19-22H. The normalized spacial score (nSPS) is 26.1. The Kier molecular flexibility index (Phi) is 4.17. The predicted molar refractivity (Wildman–Crippen MR) is 123 cm³/mol. The van der Waals surface area contributed by atoms with Crippen molar-refractivity contribution in [2.45, 2.75) is 33.5 Å². The average molecular weight is 487 g/mol.